The number of halogens is 2. The van der Waals surface area contributed by atoms with E-state index in [0.717, 1.165) is 36.1 Å². The number of fused-ring (bicyclic) bond motifs is 1. The third-order valence-electron chi connectivity index (χ3n) is 4.14. The van der Waals surface area contributed by atoms with Crippen molar-refractivity contribution in [3.05, 3.63) is 42.6 Å². The molecule has 3 rings (SSSR count). The molecule has 28 heavy (non-hydrogen) atoms. The molecular formula is C18H14Br2N4O3S. The number of carbonyl (C=O) groups is 2. The number of phenolic OH excluding ortho intramolecular Hbond substituents is 1. The summed E-state index contributed by atoms with van der Waals surface area (Å²) in [7, 11) is 0. The summed E-state index contributed by atoms with van der Waals surface area (Å²) in [6.45, 7) is 0. The summed E-state index contributed by atoms with van der Waals surface area (Å²) in [4.78, 5) is 25.2. The summed E-state index contributed by atoms with van der Waals surface area (Å²) < 4.78 is 1.16. The van der Waals surface area contributed by atoms with E-state index in [1.165, 1.54) is 17.6 Å². The lowest BCUT2D eigenvalue weighted by molar-refractivity contribution is -0.136. The predicted octanol–water partition coefficient (Wildman–Crippen LogP) is 3.82. The summed E-state index contributed by atoms with van der Waals surface area (Å²) in [6, 6.07) is 5.39. The maximum absolute atomic E-state index is 12.1. The van der Waals surface area contributed by atoms with Gasteiger partial charge < -0.3 is 10.4 Å². The molecule has 10 heteroatoms. The summed E-state index contributed by atoms with van der Waals surface area (Å²) in [5.41, 5.74) is 3.88. The van der Waals surface area contributed by atoms with Gasteiger partial charge in [0.05, 0.1) is 16.3 Å². The Labute approximate surface area is 181 Å². The Morgan fingerprint density at radius 2 is 2.00 bits per heavy atom. The van der Waals surface area contributed by atoms with Crippen molar-refractivity contribution in [2.45, 2.75) is 25.7 Å². The Morgan fingerprint density at radius 3 is 2.75 bits per heavy atom. The van der Waals surface area contributed by atoms with Gasteiger partial charge in [-0.15, -0.1) is 11.3 Å². The molecule has 0 fully saturated rings. The van der Waals surface area contributed by atoms with E-state index in [4.69, 9.17) is 0 Å². The molecule has 0 aliphatic heterocycles. The molecule has 0 atom stereocenters. The number of aryl methyl sites for hydroxylation is 1. The first-order valence-corrected chi connectivity index (χ1v) is 10.7. The Morgan fingerprint density at radius 1 is 1.25 bits per heavy atom. The highest BCUT2D eigenvalue weighted by molar-refractivity contribution is 9.11. The fraction of sp³-hybridized carbons (Fsp3) is 0.222. The van der Waals surface area contributed by atoms with Crippen molar-refractivity contribution in [2.24, 2.45) is 5.10 Å². The van der Waals surface area contributed by atoms with E-state index in [9.17, 15) is 20.0 Å². The topological polar surface area (TPSA) is 115 Å². The minimum absolute atomic E-state index is 0.0477. The number of rotatable bonds is 3. The molecular weight excluding hydrogens is 512 g/mol. The molecule has 0 unspecified atom stereocenters. The fourth-order valence-corrected chi connectivity index (χ4v) is 5.32. The van der Waals surface area contributed by atoms with Gasteiger partial charge in [-0.1, -0.05) is 15.9 Å². The molecule has 2 amide bonds. The number of thiophene rings is 1. The molecule has 2 aromatic rings. The SMILES string of the molecule is N#Cc1c(NC(=O)C(=O)N/N=C\c2cc(Br)cc(Br)c2O)sc2c1CCCC2. The van der Waals surface area contributed by atoms with Crippen molar-refractivity contribution in [1.29, 1.82) is 5.26 Å². The van der Waals surface area contributed by atoms with E-state index in [1.54, 1.807) is 12.1 Å². The number of hydrazone groups is 1. The third kappa shape index (κ3) is 4.43. The van der Waals surface area contributed by atoms with Gasteiger partial charge in [0.15, 0.2) is 0 Å². The van der Waals surface area contributed by atoms with Gasteiger partial charge in [-0.25, -0.2) is 5.43 Å². The van der Waals surface area contributed by atoms with Crippen LogP contribution in [0.25, 0.3) is 0 Å². The van der Waals surface area contributed by atoms with Gasteiger partial charge in [0.2, 0.25) is 0 Å². The molecule has 144 valence electrons. The third-order valence-corrected chi connectivity index (χ3v) is 6.41. The summed E-state index contributed by atoms with van der Waals surface area (Å²) in [6.07, 6.45) is 4.99. The van der Waals surface area contributed by atoms with Crippen LogP contribution in [0.5, 0.6) is 5.75 Å². The smallest absolute Gasteiger partial charge is 0.329 e. The van der Waals surface area contributed by atoms with Crippen LogP contribution in [0.4, 0.5) is 5.00 Å². The zero-order chi connectivity index (χ0) is 20.3. The van der Waals surface area contributed by atoms with E-state index >= 15 is 0 Å². The van der Waals surface area contributed by atoms with E-state index in [1.807, 2.05) is 0 Å². The van der Waals surface area contributed by atoms with Crippen molar-refractivity contribution < 1.29 is 14.7 Å². The number of phenols is 1. The van der Waals surface area contributed by atoms with Gasteiger partial charge in [0.25, 0.3) is 0 Å². The number of nitrogens with zero attached hydrogens (tertiary/aromatic N) is 2. The summed E-state index contributed by atoms with van der Waals surface area (Å²) in [5.74, 6) is -1.93. The van der Waals surface area contributed by atoms with Gasteiger partial charge in [0, 0.05) is 14.9 Å². The number of nitriles is 1. The second kappa shape index (κ2) is 8.86. The standard InChI is InChI=1S/C18H14Br2N4O3S/c19-10-5-9(15(25)13(20)6-10)8-22-24-17(27)16(26)23-18-12(7-21)11-3-1-2-4-14(11)28-18/h5-6,8,25H,1-4H2,(H,23,26)(H,24,27)/b22-8-. The van der Waals surface area contributed by atoms with Gasteiger partial charge in [-0.3, -0.25) is 9.59 Å². The number of benzene rings is 1. The van der Waals surface area contributed by atoms with Gasteiger partial charge in [-0.2, -0.15) is 10.4 Å². The Balaban J connectivity index is 1.67. The lowest BCUT2D eigenvalue weighted by Gasteiger charge is -2.09. The number of amides is 2. The van der Waals surface area contributed by atoms with Crippen LogP contribution in [0.2, 0.25) is 0 Å². The molecule has 0 saturated carbocycles. The molecule has 1 aromatic heterocycles. The molecule has 1 aromatic carbocycles. The average molecular weight is 526 g/mol. The second-order valence-electron chi connectivity index (χ2n) is 6.01. The minimum Gasteiger partial charge on any atom is -0.506 e. The number of aromatic hydroxyl groups is 1. The first-order chi connectivity index (χ1) is 13.4. The monoisotopic (exact) mass is 524 g/mol. The normalized spacial score (nSPS) is 13.0. The number of nitrogens with one attached hydrogen (secondary N) is 2. The molecule has 1 aliphatic rings. The highest BCUT2D eigenvalue weighted by atomic mass is 79.9. The summed E-state index contributed by atoms with van der Waals surface area (Å²) >= 11 is 7.83. The Hall–Kier alpha value is -2.22. The molecule has 3 N–H and O–H groups in total. The summed E-state index contributed by atoms with van der Waals surface area (Å²) in [5, 5.41) is 26.0. The van der Waals surface area contributed by atoms with E-state index in [2.05, 4.69) is 53.8 Å². The predicted molar refractivity (Wildman–Crippen MR) is 114 cm³/mol. The van der Waals surface area contributed by atoms with Crippen LogP contribution < -0.4 is 10.7 Å². The Bertz CT molecular complexity index is 1030. The maximum Gasteiger partial charge on any atom is 0.329 e. The molecule has 0 spiro atoms. The van der Waals surface area contributed by atoms with E-state index < -0.39 is 11.8 Å². The zero-order valence-corrected chi connectivity index (χ0v) is 18.4. The Kier molecular flexibility index (Phi) is 6.49. The second-order valence-corrected chi connectivity index (χ2v) is 8.88. The molecule has 0 bridgehead atoms. The highest BCUT2D eigenvalue weighted by Gasteiger charge is 2.23. The van der Waals surface area contributed by atoms with Crippen LogP contribution in [0, 0.1) is 11.3 Å². The zero-order valence-electron chi connectivity index (χ0n) is 14.4. The average Bonchev–Trinajstić information content (AvgIpc) is 3.02. The van der Waals surface area contributed by atoms with Crippen molar-refractivity contribution in [3.8, 4) is 11.8 Å². The molecule has 1 heterocycles. The van der Waals surface area contributed by atoms with Gasteiger partial charge in [0.1, 0.15) is 16.8 Å². The quantitative estimate of drug-likeness (QED) is 0.321. The molecule has 1 aliphatic carbocycles. The van der Waals surface area contributed by atoms with Crippen LogP contribution in [0.3, 0.4) is 0 Å². The van der Waals surface area contributed by atoms with E-state index in [-0.39, 0.29) is 5.75 Å². The van der Waals surface area contributed by atoms with Crippen LogP contribution in [0.1, 0.15) is 34.4 Å². The van der Waals surface area contributed by atoms with Crippen LogP contribution in [-0.4, -0.2) is 23.1 Å². The van der Waals surface area contributed by atoms with Crippen LogP contribution >= 0.6 is 43.2 Å². The number of anilines is 1. The first kappa shape index (κ1) is 20.5. The van der Waals surface area contributed by atoms with Crippen molar-refractivity contribution in [3.63, 3.8) is 0 Å². The minimum atomic E-state index is -0.972. The number of hydrogen-bond acceptors (Lipinski definition) is 6. The largest absolute Gasteiger partial charge is 0.506 e. The molecule has 0 saturated heterocycles. The van der Waals surface area contributed by atoms with Gasteiger partial charge in [-0.05, 0) is 59.3 Å². The van der Waals surface area contributed by atoms with Crippen LogP contribution in [-0.2, 0) is 22.4 Å². The molecule has 7 nitrogen and oxygen atoms in total. The lowest BCUT2D eigenvalue weighted by atomic mass is 9.96. The number of hydrogen-bond donors (Lipinski definition) is 3. The van der Waals surface area contributed by atoms with Crippen LogP contribution in [0.15, 0.2) is 26.2 Å². The van der Waals surface area contributed by atoms with Crippen molar-refractivity contribution in [1.82, 2.24) is 5.43 Å². The van der Waals surface area contributed by atoms with Crippen molar-refractivity contribution in [2.75, 3.05) is 5.32 Å². The van der Waals surface area contributed by atoms with Gasteiger partial charge >= 0.3 is 11.8 Å². The van der Waals surface area contributed by atoms with E-state index in [0.29, 0.717) is 25.1 Å². The maximum atomic E-state index is 12.1. The molecule has 0 radical (unpaired) electrons. The lowest BCUT2D eigenvalue weighted by Crippen LogP contribution is -2.32. The fourth-order valence-electron chi connectivity index (χ4n) is 2.83. The highest BCUT2D eigenvalue weighted by Crippen LogP contribution is 2.37. The first-order valence-electron chi connectivity index (χ1n) is 8.27. The van der Waals surface area contributed by atoms with Crippen molar-refractivity contribution >= 4 is 66.2 Å². The number of carbonyl (C=O) groups excluding carboxylic acids is 2.